The van der Waals surface area contributed by atoms with Crippen molar-refractivity contribution in [2.75, 3.05) is 19.8 Å². The fourth-order valence-electron chi connectivity index (χ4n) is 4.20. The zero-order chi connectivity index (χ0) is 22.9. The molecule has 0 radical (unpaired) electrons. The molecule has 0 bridgehead atoms. The largest absolute Gasteiger partial charge is 0.494 e. The van der Waals surface area contributed by atoms with Crippen molar-refractivity contribution in [1.29, 1.82) is 0 Å². The SMILES string of the molecule is CCCCCOc1ccc(C=CCNC(=O)OCC2c3ccccc3-c3ccccc32)cc1. The number of fused-ring (bicyclic) bond motifs is 3. The van der Waals surface area contributed by atoms with Crippen LogP contribution in [0, 0.1) is 0 Å². The Morgan fingerprint density at radius 3 is 2.24 bits per heavy atom. The summed E-state index contributed by atoms with van der Waals surface area (Å²) in [5, 5.41) is 2.80. The first-order valence-electron chi connectivity index (χ1n) is 11.7. The Morgan fingerprint density at radius 2 is 1.58 bits per heavy atom. The fourth-order valence-corrected chi connectivity index (χ4v) is 4.20. The van der Waals surface area contributed by atoms with E-state index in [4.69, 9.17) is 9.47 Å². The third kappa shape index (κ3) is 5.83. The van der Waals surface area contributed by atoms with E-state index < -0.39 is 6.09 Å². The molecule has 0 atom stereocenters. The lowest BCUT2D eigenvalue weighted by atomic mass is 9.98. The van der Waals surface area contributed by atoms with E-state index in [0.29, 0.717) is 13.2 Å². The quantitative estimate of drug-likeness (QED) is 0.352. The molecule has 0 saturated carbocycles. The van der Waals surface area contributed by atoms with Gasteiger partial charge in [0.1, 0.15) is 12.4 Å². The molecule has 1 N–H and O–H groups in total. The van der Waals surface area contributed by atoms with Crippen molar-refractivity contribution in [1.82, 2.24) is 5.32 Å². The third-order valence-corrected chi connectivity index (χ3v) is 5.91. The van der Waals surface area contributed by atoms with Crippen molar-refractivity contribution in [2.24, 2.45) is 0 Å². The van der Waals surface area contributed by atoms with Gasteiger partial charge in [-0.15, -0.1) is 0 Å². The van der Waals surface area contributed by atoms with E-state index in [1.165, 1.54) is 35.1 Å². The summed E-state index contributed by atoms with van der Waals surface area (Å²) >= 11 is 0. The highest BCUT2D eigenvalue weighted by Crippen LogP contribution is 2.44. The Kier molecular flexibility index (Phi) is 7.81. The van der Waals surface area contributed by atoms with Gasteiger partial charge in [-0.3, -0.25) is 0 Å². The van der Waals surface area contributed by atoms with Gasteiger partial charge in [0, 0.05) is 12.5 Å². The third-order valence-electron chi connectivity index (χ3n) is 5.91. The van der Waals surface area contributed by atoms with Crippen molar-refractivity contribution in [3.8, 4) is 16.9 Å². The van der Waals surface area contributed by atoms with Crippen LogP contribution in [0.1, 0.15) is 48.8 Å². The summed E-state index contributed by atoms with van der Waals surface area (Å²) in [5.41, 5.74) is 5.93. The van der Waals surface area contributed by atoms with Gasteiger partial charge in [0.25, 0.3) is 0 Å². The molecular formula is C29H31NO3. The van der Waals surface area contributed by atoms with Gasteiger partial charge in [-0.2, -0.15) is 0 Å². The maximum absolute atomic E-state index is 12.2. The molecule has 1 amide bonds. The average molecular weight is 442 g/mol. The Labute approximate surface area is 196 Å². The standard InChI is InChI=1S/C29H31NO3/c1-2-3-8-20-32-23-17-15-22(16-18-23)10-9-19-30-29(31)33-21-28-26-13-6-4-11-24(26)25-12-5-7-14-27(25)28/h4-7,9-18,28H,2-3,8,19-21H2,1H3,(H,30,31). The summed E-state index contributed by atoms with van der Waals surface area (Å²) in [7, 11) is 0. The van der Waals surface area contributed by atoms with E-state index in [1.807, 2.05) is 60.7 Å². The summed E-state index contributed by atoms with van der Waals surface area (Å²) in [5.74, 6) is 0.960. The minimum Gasteiger partial charge on any atom is -0.494 e. The minimum absolute atomic E-state index is 0.0707. The van der Waals surface area contributed by atoms with Gasteiger partial charge in [-0.25, -0.2) is 4.79 Å². The molecular weight excluding hydrogens is 410 g/mol. The summed E-state index contributed by atoms with van der Waals surface area (Å²) in [4.78, 5) is 12.2. The van der Waals surface area contributed by atoms with E-state index in [0.717, 1.165) is 24.3 Å². The topological polar surface area (TPSA) is 47.6 Å². The lowest BCUT2D eigenvalue weighted by Crippen LogP contribution is -2.26. The molecule has 0 heterocycles. The molecule has 1 aliphatic rings. The van der Waals surface area contributed by atoms with Gasteiger partial charge in [0.15, 0.2) is 0 Å². The summed E-state index contributed by atoms with van der Waals surface area (Å²) in [6, 6.07) is 24.6. The molecule has 0 spiro atoms. The highest BCUT2D eigenvalue weighted by atomic mass is 16.5. The van der Waals surface area contributed by atoms with Crippen LogP contribution < -0.4 is 10.1 Å². The van der Waals surface area contributed by atoms with Crippen molar-refractivity contribution in [3.63, 3.8) is 0 Å². The molecule has 4 heteroatoms. The van der Waals surface area contributed by atoms with Crippen LogP contribution in [0.2, 0.25) is 0 Å². The lowest BCUT2D eigenvalue weighted by Gasteiger charge is -2.14. The van der Waals surface area contributed by atoms with E-state index in [9.17, 15) is 4.79 Å². The molecule has 1 aliphatic carbocycles. The predicted molar refractivity (Wildman–Crippen MR) is 134 cm³/mol. The van der Waals surface area contributed by atoms with E-state index in [2.05, 4.69) is 36.5 Å². The molecule has 0 aromatic heterocycles. The Balaban J connectivity index is 1.22. The average Bonchev–Trinajstić information content (AvgIpc) is 3.18. The molecule has 3 aromatic rings. The van der Waals surface area contributed by atoms with Gasteiger partial charge < -0.3 is 14.8 Å². The maximum Gasteiger partial charge on any atom is 0.407 e. The molecule has 33 heavy (non-hydrogen) atoms. The number of carbonyl (C=O) groups excluding carboxylic acids is 1. The molecule has 170 valence electrons. The number of amides is 1. The summed E-state index contributed by atoms with van der Waals surface area (Å²) in [6.45, 7) is 3.67. The Bertz CT molecular complexity index is 1040. The number of alkyl carbamates (subject to hydrolysis) is 1. The van der Waals surface area contributed by atoms with Crippen molar-refractivity contribution >= 4 is 12.2 Å². The lowest BCUT2D eigenvalue weighted by molar-refractivity contribution is 0.144. The highest BCUT2D eigenvalue weighted by Gasteiger charge is 2.28. The molecule has 4 nitrogen and oxygen atoms in total. The number of unbranched alkanes of at least 4 members (excludes halogenated alkanes) is 2. The van der Waals surface area contributed by atoms with Gasteiger partial charge in [-0.1, -0.05) is 92.6 Å². The van der Waals surface area contributed by atoms with E-state index in [-0.39, 0.29) is 5.92 Å². The van der Waals surface area contributed by atoms with Crippen LogP contribution in [0.5, 0.6) is 5.75 Å². The number of hydrogen-bond acceptors (Lipinski definition) is 3. The zero-order valence-corrected chi connectivity index (χ0v) is 19.1. The van der Waals surface area contributed by atoms with Crippen molar-refractivity contribution in [2.45, 2.75) is 32.1 Å². The monoisotopic (exact) mass is 441 g/mol. The Morgan fingerprint density at radius 1 is 0.909 bits per heavy atom. The first-order valence-corrected chi connectivity index (χ1v) is 11.7. The fraction of sp³-hybridized carbons (Fsp3) is 0.276. The summed E-state index contributed by atoms with van der Waals surface area (Å²) in [6.07, 6.45) is 6.95. The first-order chi connectivity index (χ1) is 16.3. The molecule has 0 aliphatic heterocycles. The van der Waals surface area contributed by atoms with Gasteiger partial charge >= 0.3 is 6.09 Å². The second-order valence-electron chi connectivity index (χ2n) is 8.23. The predicted octanol–water partition coefficient (Wildman–Crippen LogP) is 6.81. The van der Waals surface area contributed by atoms with E-state index in [1.54, 1.807) is 0 Å². The zero-order valence-electron chi connectivity index (χ0n) is 19.1. The molecule has 4 rings (SSSR count). The van der Waals surface area contributed by atoms with Crippen LogP contribution in [-0.2, 0) is 4.74 Å². The molecule has 0 saturated heterocycles. The van der Waals surface area contributed by atoms with Crippen LogP contribution in [0.15, 0.2) is 78.9 Å². The second-order valence-corrected chi connectivity index (χ2v) is 8.23. The van der Waals surface area contributed by atoms with Crippen LogP contribution in [-0.4, -0.2) is 25.9 Å². The highest BCUT2D eigenvalue weighted by molar-refractivity contribution is 5.79. The first kappa shape index (κ1) is 22.7. The number of ether oxygens (including phenoxy) is 2. The van der Waals surface area contributed by atoms with Crippen LogP contribution in [0.3, 0.4) is 0 Å². The number of benzene rings is 3. The van der Waals surface area contributed by atoms with Crippen LogP contribution in [0.4, 0.5) is 4.79 Å². The number of carbonyl (C=O) groups is 1. The van der Waals surface area contributed by atoms with Crippen molar-refractivity contribution < 1.29 is 14.3 Å². The van der Waals surface area contributed by atoms with E-state index >= 15 is 0 Å². The molecule has 0 fully saturated rings. The number of hydrogen-bond donors (Lipinski definition) is 1. The second kappa shape index (κ2) is 11.4. The van der Waals surface area contributed by atoms with Crippen LogP contribution >= 0.6 is 0 Å². The summed E-state index contributed by atoms with van der Waals surface area (Å²) < 4.78 is 11.3. The smallest absolute Gasteiger partial charge is 0.407 e. The van der Waals surface area contributed by atoms with Gasteiger partial charge in [-0.05, 0) is 46.4 Å². The normalized spacial score (nSPS) is 12.4. The minimum atomic E-state index is -0.405. The number of rotatable bonds is 10. The Hall–Kier alpha value is -3.53. The molecule has 0 unspecified atom stereocenters. The van der Waals surface area contributed by atoms with Crippen LogP contribution in [0.25, 0.3) is 17.2 Å². The van der Waals surface area contributed by atoms with Gasteiger partial charge in [0.05, 0.1) is 6.61 Å². The van der Waals surface area contributed by atoms with Gasteiger partial charge in [0.2, 0.25) is 0 Å². The molecule has 3 aromatic carbocycles. The maximum atomic E-state index is 12.2. The van der Waals surface area contributed by atoms with Crippen molar-refractivity contribution in [3.05, 3.63) is 95.6 Å². The number of nitrogens with one attached hydrogen (secondary N) is 1.